The minimum absolute atomic E-state index is 0.233. The van der Waals surface area contributed by atoms with E-state index in [0.717, 1.165) is 10.8 Å². The SMILES string of the molecule is O=C(N=c1ccccn1Cc1ccccc1)c1ccc2ccccc2c1. The van der Waals surface area contributed by atoms with Crippen LogP contribution < -0.4 is 5.49 Å². The van der Waals surface area contributed by atoms with Gasteiger partial charge < -0.3 is 4.57 Å². The van der Waals surface area contributed by atoms with Crippen molar-refractivity contribution >= 4 is 16.7 Å². The standard InChI is InChI=1S/C23H18N2O/c26-23(21-14-13-19-10-4-5-11-20(19)16-21)24-22-12-6-7-15-25(22)17-18-8-2-1-3-9-18/h1-16H,17H2. The number of benzene rings is 3. The number of hydrogen-bond acceptors (Lipinski definition) is 1. The van der Waals surface area contributed by atoms with Crippen molar-refractivity contribution in [1.29, 1.82) is 0 Å². The Morgan fingerprint density at radius 2 is 1.50 bits per heavy atom. The molecule has 0 saturated carbocycles. The normalized spacial score (nSPS) is 11.6. The average Bonchev–Trinajstić information content (AvgIpc) is 2.70. The maximum atomic E-state index is 12.7. The van der Waals surface area contributed by atoms with Crippen LogP contribution in [0.15, 0.2) is 102 Å². The van der Waals surface area contributed by atoms with Gasteiger partial charge in [-0.3, -0.25) is 4.79 Å². The highest BCUT2D eigenvalue weighted by molar-refractivity contribution is 5.99. The van der Waals surface area contributed by atoms with Gasteiger partial charge in [0.05, 0.1) is 0 Å². The van der Waals surface area contributed by atoms with Gasteiger partial charge in [0, 0.05) is 18.3 Å². The molecule has 0 N–H and O–H groups in total. The van der Waals surface area contributed by atoms with Gasteiger partial charge in [0.1, 0.15) is 5.49 Å². The molecule has 0 aliphatic rings. The van der Waals surface area contributed by atoms with Crippen molar-refractivity contribution in [2.24, 2.45) is 4.99 Å². The number of carbonyl (C=O) groups is 1. The molecule has 26 heavy (non-hydrogen) atoms. The van der Waals surface area contributed by atoms with Crippen LogP contribution in [0.1, 0.15) is 15.9 Å². The van der Waals surface area contributed by atoms with E-state index >= 15 is 0 Å². The maximum Gasteiger partial charge on any atom is 0.278 e. The maximum absolute atomic E-state index is 12.7. The highest BCUT2D eigenvalue weighted by Gasteiger charge is 2.05. The third-order valence-electron chi connectivity index (χ3n) is 4.32. The lowest BCUT2D eigenvalue weighted by molar-refractivity contribution is 0.0997. The van der Waals surface area contributed by atoms with Gasteiger partial charge in [-0.05, 0) is 40.6 Å². The summed E-state index contributed by atoms with van der Waals surface area (Å²) in [6, 6.07) is 29.5. The Bertz CT molecular complexity index is 1130. The van der Waals surface area contributed by atoms with Crippen LogP contribution in [0.3, 0.4) is 0 Å². The molecule has 1 amide bonds. The largest absolute Gasteiger partial charge is 0.328 e. The number of hydrogen-bond donors (Lipinski definition) is 0. The van der Waals surface area contributed by atoms with Crippen molar-refractivity contribution in [1.82, 2.24) is 4.57 Å². The Morgan fingerprint density at radius 3 is 2.35 bits per heavy atom. The summed E-state index contributed by atoms with van der Waals surface area (Å²) in [5.74, 6) is -0.233. The van der Waals surface area contributed by atoms with Crippen molar-refractivity contribution < 1.29 is 4.79 Å². The zero-order valence-electron chi connectivity index (χ0n) is 14.2. The molecule has 1 aromatic heterocycles. The van der Waals surface area contributed by atoms with E-state index in [0.29, 0.717) is 17.6 Å². The van der Waals surface area contributed by atoms with Crippen molar-refractivity contribution in [2.75, 3.05) is 0 Å². The molecule has 0 saturated heterocycles. The van der Waals surface area contributed by atoms with Crippen LogP contribution >= 0.6 is 0 Å². The Balaban J connectivity index is 1.70. The quantitative estimate of drug-likeness (QED) is 0.544. The van der Waals surface area contributed by atoms with Crippen LogP contribution in [0.4, 0.5) is 0 Å². The van der Waals surface area contributed by atoms with Crippen LogP contribution in [0.25, 0.3) is 10.8 Å². The van der Waals surface area contributed by atoms with E-state index in [1.54, 1.807) is 0 Å². The summed E-state index contributed by atoms with van der Waals surface area (Å²) in [5, 5.41) is 2.15. The fourth-order valence-corrected chi connectivity index (χ4v) is 2.97. The van der Waals surface area contributed by atoms with Crippen molar-refractivity contribution in [3.8, 4) is 0 Å². The zero-order valence-corrected chi connectivity index (χ0v) is 14.2. The van der Waals surface area contributed by atoms with Crippen LogP contribution in [-0.2, 0) is 6.54 Å². The van der Waals surface area contributed by atoms with Gasteiger partial charge in [-0.2, -0.15) is 4.99 Å². The molecular formula is C23H18N2O. The fourth-order valence-electron chi connectivity index (χ4n) is 2.97. The molecule has 0 atom stereocenters. The number of nitrogens with zero attached hydrogens (tertiary/aromatic N) is 2. The van der Waals surface area contributed by atoms with E-state index in [4.69, 9.17) is 0 Å². The highest BCUT2D eigenvalue weighted by atomic mass is 16.1. The number of fused-ring (bicyclic) bond motifs is 1. The van der Waals surface area contributed by atoms with Crippen molar-refractivity contribution in [3.63, 3.8) is 0 Å². The van der Waals surface area contributed by atoms with Crippen LogP contribution in [0, 0.1) is 0 Å². The molecule has 0 spiro atoms. The minimum atomic E-state index is -0.233. The zero-order chi connectivity index (χ0) is 17.8. The molecule has 3 heteroatoms. The third kappa shape index (κ3) is 3.47. The first-order valence-electron chi connectivity index (χ1n) is 8.57. The number of rotatable bonds is 3. The first-order valence-corrected chi connectivity index (χ1v) is 8.57. The van der Waals surface area contributed by atoms with E-state index < -0.39 is 0 Å². The summed E-state index contributed by atoms with van der Waals surface area (Å²) in [6.07, 6.45) is 1.94. The summed E-state index contributed by atoms with van der Waals surface area (Å²) in [6.45, 7) is 0.672. The molecular weight excluding hydrogens is 320 g/mol. The second-order valence-corrected chi connectivity index (χ2v) is 6.15. The summed E-state index contributed by atoms with van der Waals surface area (Å²) in [7, 11) is 0. The molecule has 0 fully saturated rings. The van der Waals surface area contributed by atoms with Gasteiger partial charge in [-0.25, -0.2) is 0 Å². The minimum Gasteiger partial charge on any atom is -0.328 e. The fraction of sp³-hybridized carbons (Fsp3) is 0.0435. The van der Waals surface area contributed by atoms with Gasteiger partial charge in [-0.1, -0.05) is 66.7 Å². The van der Waals surface area contributed by atoms with Crippen LogP contribution in [-0.4, -0.2) is 10.5 Å². The molecule has 4 aromatic rings. The van der Waals surface area contributed by atoms with Gasteiger partial charge >= 0.3 is 0 Å². The summed E-state index contributed by atoms with van der Waals surface area (Å²) < 4.78 is 1.98. The Kier molecular flexibility index (Phi) is 4.44. The molecule has 3 nitrogen and oxygen atoms in total. The predicted molar refractivity (Wildman–Crippen MR) is 104 cm³/mol. The van der Waals surface area contributed by atoms with Crippen LogP contribution in [0.2, 0.25) is 0 Å². The summed E-state index contributed by atoms with van der Waals surface area (Å²) in [5.41, 5.74) is 2.41. The Hall–Kier alpha value is -3.46. The Morgan fingerprint density at radius 1 is 0.769 bits per heavy atom. The smallest absolute Gasteiger partial charge is 0.278 e. The van der Waals surface area contributed by atoms with Gasteiger partial charge in [0.25, 0.3) is 5.91 Å². The molecule has 4 rings (SSSR count). The summed E-state index contributed by atoms with van der Waals surface area (Å²) >= 11 is 0. The molecule has 1 heterocycles. The number of amides is 1. The third-order valence-corrected chi connectivity index (χ3v) is 4.32. The molecule has 0 aliphatic carbocycles. The lowest BCUT2D eigenvalue weighted by Gasteiger charge is -2.07. The second kappa shape index (κ2) is 7.19. The molecule has 0 bridgehead atoms. The molecule has 0 aliphatic heterocycles. The number of pyridine rings is 1. The van der Waals surface area contributed by atoms with Crippen LogP contribution in [0.5, 0.6) is 0 Å². The van der Waals surface area contributed by atoms with Gasteiger partial charge in [-0.15, -0.1) is 0 Å². The van der Waals surface area contributed by atoms with Gasteiger partial charge in [0.15, 0.2) is 0 Å². The lowest BCUT2D eigenvalue weighted by atomic mass is 10.1. The first-order chi connectivity index (χ1) is 12.8. The second-order valence-electron chi connectivity index (χ2n) is 6.15. The monoisotopic (exact) mass is 338 g/mol. The molecule has 126 valence electrons. The number of aromatic nitrogens is 1. The van der Waals surface area contributed by atoms with E-state index in [1.807, 2.05) is 89.6 Å². The van der Waals surface area contributed by atoms with Gasteiger partial charge in [0.2, 0.25) is 0 Å². The average molecular weight is 338 g/mol. The van der Waals surface area contributed by atoms with E-state index in [-0.39, 0.29) is 5.91 Å². The van der Waals surface area contributed by atoms with E-state index in [1.165, 1.54) is 5.56 Å². The number of carbonyl (C=O) groups excluding carboxylic acids is 1. The molecule has 0 radical (unpaired) electrons. The topological polar surface area (TPSA) is 34.4 Å². The summed E-state index contributed by atoms with van der Waals surface area (Å²) in [4.78, 5) is 17.0. The first kappa shape index (κ1) is 16.0. The highest BCUT2D eigenvalue weighted by Crippen LogP contribution is 2.16. The molecule has 3 aromatic carbocycles. The van der Waals surface area contributed by atoms with E-state index in [9.17, 15) is 4.79 Å². The Labute approximate surface area is 151 Å². The van der Waals surface area contributed by atoms with Crippen molar-refractivity contribution in [3.05, 3.63) is 114 Å². The lowest BCUT2D eigenvalue weighted by Crippen LogP contribution is -2.22. The van der Waals surface area contributed by atoms with Crippen molar-refractivity contribution in [2.45, 2.75) is 6.54 Å². The molecule has 0 unspecified atom stereocenters. The van der Waals surface area contributed by atoms with E-state index in [2.05, 4.69) is 17.1 Å². The predicted octanol–water partition coefficient (Wildman–Crippen LogP) is 4.43.